The molecule has 0 aliphatic carbocycles. The Hall–Kier alpha value is -2.89. The minimum atomic E-state index is -0.989. The Labute approximate surface area is 175 Å². The molecule has 0 saturated carbocycles. The van der Waals surface area contributed by atoms with E-state index in [1.165, 1.54) is 12.2 Å². The van der Waals surface area contributed by atoms with Crippen LogP contribution in [0.1, 0.15) is 21.5 Å². The topological polar surface area (TPSA) is 60.9 Å². The van der Waals surface area contributed by atoms with E-state index in [-0.39, 0.29) is 5.78 Å². The van der Waals surface area contributed by atoms with Gasteiger partial charge < -0.3 is 14.9 Å². The Kier molecular flexibility index (Phi) is 6.86. The van der Waals surface area contributed by atoms with E-state index in [2.05, 4.69) is 16.8 Å². The van der Waals surface area contributed by atoms with Crippen molar-refractivity contribution in [2.24, 2.45) is 0 Å². The third-order valence-corrected chi connectivity index (χ3v) is 5.04. The quantitative estimate of drug-likeness (QED) is 0.574. The zero-order valence-corrected chi connectivity index (χ0v) is 17.0. The van der Waals surface area contributed by atoms with Crippen LogP contribution in [0.25, 0.3) is 12.2 Å². The molecular formula is C23H23ClN2O3. The van der Waals surface area contributed by atoms with Crippen LogP contribution in [-0.4, -0.2) is 55.0 Å². The summed E-state index contributed by atoms with van der Waals surface area (Å²) < 4.78 is 0. The van der Waals surface area contributed by atoms with Gasteiger partial charge in [0.2, 0.25) is 0 Å². The molecule has 150 valence electrons. The van der Waals surface area contributed by atoms with Crippen molar-refractivity contribution in [2.45, 2.75) is 0 Å². The Bertz CT molecular complexity index is 943. The first kappa shape index (κ1) is 20.8. The van der Waals surface area contributed by atoms with Gasteiger partial charge in [-0.15, -0.1) is 0 Å². The highest BCUT2D eigenvalue weighted by Gasteiger charge is 2.16. The van der Waals surface area contributed by atoms with Crippen LogP contribution in [0.3, 0.4) is 0 Å². The minimum Gasteiger partial charge on any atom is -0.478 e. The van der Waals surface area contributed by atoms with Crippen LogP contribution in [0, 0.1) is 0 Å². The maximum atomic E-state index is 12.7. The zero-order valence-electron chi connectivity index (χ0n) is 16.2. The molecule has 2 aromatic rings. The third kappa shape index (κ3) is 6.04. The molecule has 1 aliphatic heterocycles. The number of halogens is 1. The number of aliphatic carboxylic acids is 1. The molecule has 1 fully saturated rings. The number of carboxylic acids is 1. The van der Waals surface area contributed by atoms with Gasteiger partial charge >= 0.3 is 5.97 Å². The van der Waals surface area contributed by atoms with Crippen molar-refractivity contribution in [3.63, 3.8) is 0 Å². The first-order valence-corrected chi connectivity index (χ1v) is 9.76. The molecule has 1 heterocycles. The molecule has 0 unspecified atom stereocenters. The van der Waals surface area contributed by atoms with E-state index in [0.29, 0.717) is 10.6 Å². The smallest absolute Gasteiger partial charge is 0.328 e. The summed E-state index contributed by atoms with van der Waals surface area (Å²) in [6, 6.07) is 12.7. The molecule has 3 rings (SSSR count). The fourth-order valence-corrected chi connectivity index (χ4v) is 3.35. The number of rotatable bonds is 6. The van der Waals surface area contributed by atoms with Crippen LogP contribution < -0.4 is 4.90 Å². The Morgan fingerprint density at radius 1 is 0.931 bits per heavy atom. The van der Waals surface area contributed by atoms with Gasteiger partial charge in [-0.1, -0.05) is 41.9 Å². The summed E-state index contributed by atoms with van der Waals surface area (Å²) in [6.45, 7) is 3.77. The van der Waals surface area contributed by atoms with Crippen LogP contribution in [0.2, 0.25) is 5.02 Å². The van der Waals surface area contributed by atoms with Crippen molar-refractivity contribution in [3.05, 3.63) is 76.3 Å². The van der Waals surface area contributed by atoms with Gasteiger partial charge in [0.1, 0.15) is 0 Å². The summed E-state index contributed by atoms with van der Waals surface area (Å²) in [5.41, 5.74) is 3.16. The summed E-state index contributed by atoms with van der Waals surface area (Å²) in [7, 11) is 2.10. The Balaban J connectivity index is 1.71. The van der Waals surface area contributed by atoms with Gasteiger partial charge in [0.05, 0.1) is 0 Å². The van der Waals surface area contributed by atoms with E-state index >= 15 is 0 Å². The van der Waals surface area contributed by atoms with Gasteiger partial charge in [0.15, 0.2) is 5.78 Å². The standard InChI is InChI=1S/C23H23ClN2O3/c1-25-10-12-26(13-11-25)21-15-19(14-20(24)16-21)22(27)8-6-17-2-4-18(5-3-17)7-9-23(28)29/h2-9,14-16H,10-13H2,1H3,(H,28,29). The molecule has 1 aliphatic rings. The highest BCUT2D eigenvalue weighted by molar-refractivity contribution is 6.31. The molecule has 0 bridgehead atoms. The number of piperazine rings is 1. The maximum Gasteiger partial charge on any atom is 0.328 e. The molecule has 5 nitrogen and oxygen atoms in total. The average Bonchev–Trinajstić information content (AvgIpc) is 2.71. The predicted octanol–water partition coefficient (Wildman–Crippen LogP) is 4.09. The van der Waals surface area contributed by atoms with Gasteiger partial charge in [-0.05, 0) is 48.5 Å². The van der Waals surface area contributed by atoms with E-state index in [1.54, 1.807) is 24.3 Å². The number of hydrogen-bond donors (Lipinski definition) is 1. The highest BCUT2D eigenvalue weighted by Crippen LogP contribution is 2.24. The highest BCUT2D eigenvalue weighted by atomic mass is 35.5. The number of likely N-dealkylation sites (N-methyl/N-ethyl adjacent to an activating group) is 1. The number of nitrogens with zero attached hydrogens (tertiary/aromatic N) is 2. The van der Waals surface area contributed by atoms with E-state index in [9.17, 15) is 9.59 Å². The monoisotopic (exact) mass is 410 g/mol. The third-order valence-electron chi connectivity index (χ3n) is 4.82. The van der Waals surface area contributed by atoms with Crippen molar-refractivity contribution in [1.82, 2.24) is 4.90 Å². The average molecular weight is 411 g/mol. The van der Waals surface area contributed by atoms with Gasteiger partial charge in [-0.2, -0.15) is 0 Å². The first-order chi connectivity index (χ1) is 13.9. The van der Waals surface area contributed by atoms with Gasteiger partial charge in [-0.25, -0.2) is 4.79 Å². The molecule has 0 atom stereocenters. The van der Waals surface area contributed by atoms with Gasteiger partial charge in [0, 0.05) is 48.5 Å². The lowest BCUT2D eigenvalue weighted by Crippen LogP contribution is -2.44. The zero-order chi connectivity index (χ0) is 20.8. The van der Waals surface area contributed by atoms with Crippen LogP contribution in [0.15, 0.2) is 54.6 Å². The van der Waals surface area contributed by atoms with Crippen molar-refractivity contribution in [2.75, 3.05) is 38.1 Å². The molecule has 1 saturated heterocycles. The second-order valence-electron chi connectivity index (χ2n) is 7.02. The van der Waals surface area contributed by atoms with E-state index in [1.807, 2.05) is 24.3 Å². The number of anilines is 1. The van der Waals surface area contributed by atoms with Crippen molar-refractivity contribution in [3.8, 4) is 0 Å². The summed E-state index contributed by atoms with van der Waals surface area (Å²) in [5.74, 6) is -1.10. The molecule has 1 N–H and O–H groups in total. The van der Waals surface area contributed by atoms with Crippen molar-refractivity contribution >= 4 is 41.2 Å². The summed E-state index contributed by atoms with van der Waals surface area (Å²) >= 11 is 6.27. The van der Waals surface area contributed by atoms with E-state index < -0.39 is 5.97 Å². The minimum absolute atomic E-state index is 0.113. The second kappa shape index (κ2) is 9.54. The molecule has 0 amide bonds. The van der Waals surface area contributed by atoms with Crippen LogP contribution in [0.4, 0.5) is 5.69 Å². The summed E-state index contributed by atoms with van der Waals surface area (Å²) in [4.78, 5) is 27.7. The molecular weight excluding hydrogens is 388 g/mol. The molecule has 0 spiro atoms. The Morgan fingerprint density at radius 3 is 2.10 bits per heavy atom. The normalized spacial score (nSPS) is 15.3. The second-order valence-corrected chi connectivity index (χ2v) is 7.46. The van der Waals surface area contributed by atoms with E-state index in [0.717, 1.165) is 49.1 Å². The fourth-order valence-electron chi connectivity index (χ4n) is 3.12. The number of carboxylic acid groups (broad SMARTS) is 1. The molecule has 0 radical (unpaired) electrons. The lowest BCUT2D eigenvalue weighted by Gasteiger charge is -2.34. The molecule has 2 aromatic carbocycles. The van der Waals surface area contributed by atoms with Crippen LogP contribution in [0.5, 0.6) is 0 Å². The predicted molar refractivity (Wildman–Crippen MR) is 118 cm³/mol. The summed E-state index contributed by atoms with van der Waals surface area (Å²) in [5, 5.41) is 9.22. The number of ketones is 1. The number of carbonyl (C=O) groups excluding carboxylic acids is 1. The fraction of sp³-hybridized carbons (Fsp3) is 0.217. The number of carbonyl (C=O) groups is 2. The molecule has 6 heteroatoms. The molecule has 0 aromatic heterocycles. The lowest BCUT2D eigenvalue weighted by molar-refractivity contribution is -0.131. The number of hydrogen-bond acceptors (Lipinski definition) is 4. The first-order valence-electron chi connectivity index (χ1n) is 9.38. The van der Waals surface area contributed by atoms with Gasteiger partial charge in [-0.3, -0.25) is 4.79 Å². The van der Waals surface area contributed by atoms with E-state index in [4.69, 9.17) is 16.7 Å². The van der Waals surface area contributed by atoms with Crippen LogP contribution in [-0.2, 0) is 4.79 Å². The van der Waals surface area contributed by atoms with Crippen LogP contribution >= 0.6 is 11.6 Å². The van der Waals surface area contributed by atoms with Crippen molar-refractivity contribution < 1.29 is 14.7 Å². The largest absolute Gasteiger partial charge is 0.478 e. The SMILES string of the molecule is CN1CCN(c2cc(Cl)cc(C(=O)C=Cc3ccc(C=CC(=O)O)cc3)c2)CC1. The lowest BCUT2D eigenvalue weighted by atomic mass is 10.1. The van der Waals surface area contributed by atoms with Gasteiger partial charge in [0.25, 0.3) is 0 Å². The number of benzene rings is 2. The van der Waals surface area contributed by atoms with Crippen molar-refractivity contribution in [1.29, 1.82) is 0 Å². The molecule has 29 heavy (non-hydrogen) atoms. The Morgan fingerprint density at radius 2 is 1.52 bits per heavy atom. The maximum absolute atomic E-state index is 12.7. The number of allylic oxidation sites excluding steroid dienone is 1. The summed E-state index contributed by atoms with van der Waals surface area (Å²) in [6.07, 6.45) is 5.88.